The van der Waals surface area contributed by atoms with Crippen LogP contribution in [0.3, 0.4) is 0 Å². The van der Waals surface area contributed by atoms with Crippen LogP contribution < -0.4 is 0 Å². The third kappa shape index (κ3) is 2.22. The molecule has 0 unspecified atom stereocenters. The molecule has 0 spiro atoms. The van der Waals surface area contributed by atoms with Crippen molar-refractivity contribution >= 4 is 11.9 Å². The molecule has 3 rings (SSSR count). The average molecular weight is 255 g/mol. The summed E-state index contributed by atoms with van der Waals surface area (Å²) in [5, 5.41) is 4.28. The molecule has 2 heterocycles. The van der Waals surface area contributed by atoms with E-state index >= 15 is 0 Å². The second kappa shape index (κ2) is 4.61. The van der Waals surface area contributed by atoms with Crippen LogP contribution in [0.4, 0.5) is 4.39 Å². The lowest BCUT2D eigenvalue weighted by Gasteiger charge is -1.96. The summed E-state index contributed by atoms with van der Waals surface area (Å²) in [6.07, 6.45) is 1.24. The van der Waals surface area contributed by atoms with Gasteiger partial charge < -0.3 is 0 Å². The molecule has 4 nitrogen and oxygen atoms in total. The van der Waals surface area contributed by atoms with Crippen LogP contribution in [0.15, 0.2) is 42.5 Å². The van der Waals surface area contributed by atoms with Gasteiger partial charge in [0.2, 0.25) is 0 Å². The van der Waals surface area contributed by atoms with Gasteiger partial charge in [-0.25, -0.2) is 13.9 Å². The maximum absolute atomic E-state index is 12.8. The number of hydrogen-bond donors (Lipinski definition) is 0. The summed E-state index contributed by atoms with van der Waals surface area (Å²) in [7, 11) is 0. The number of aromatic nitrogens is 3. The van der Waals surface area contributed by atoms with Gasteiger partial charge in [0.1, 0.15) is 11.5 Å². The molecule has 94 valence electrons. The number of fused-ring (bicyclic) bond motifs is 1. The largest absolute Gasteiger partial charge is 0.296 e. The van der Waals surface area contributed by atoms with Crippen molar-refractivity contribution in [3.8, 4) is 0 Å². The van der Waals surface area contributed by atoms with Crippen LogP contribution in [0.1, 0.15) is 21.9 Å². The van der Waals surface area contributed by atoms with E-state index in [1.807, 2.05) is 0 Å². The van der Waals surface area contributed by atoms with E-state index in [1.165, 1.54) is 16.6 Å². The van der Waals surface area contributed by atoms with Gasteiger partial charge >= 0.3 is 0 Å². The Morgan fingerprint density at radius 3 is 2.68 bits per heavy atom. The molecule has 3 aromatic rings. The Hall–Kier alpha value is -2.56. The normalized spacial score (nSPS) is 10.8. The zero-order chi connectivity index (χ0) is 13.2. The topological polar surface area (TPSA) is 47.3 Å². The molecule has 0 aliphatic heterocycles. The van der Waals surface area contributed by atoms with Crippen LogP contribution in [0.2, 0.25) is 0 Å². The maximum Gasteiger partial charge on any atom is 0.168 e. The van der Waals surface area contributed by atoms with Crippen molar-refractivity contribution in [2.45, 2.75) is 6.42 Å². The summed E-state index contributed by atoms with van der Waals surface area (Å²) in [4.78, 5) is 15.2. The molecule has 0 fully saturated rings. The number of benzene rings is 1. The van der Waals surface area contributed by atoms with Crippen molar-refractivity contribution in [2.24, 2.45) is 0 Å². The number of rotatable bonds is 3. The van der Waals surface area contributed by atoms with E-state index in [2.05, 4.69) is 10.1 Å². The van der Waals surface area contributed by atoms with E-state index in [-0.39, 0.29) is 5.82 Å². The van der Waals surface area contributed by atoms with E-state index < -0.39 is 0 Å². The lowest BCUT2D eigenvalue weighted by atomic mass is 10.1. The summed E-state index contributed by atoms with van der Waals surface area (Å²) < 4.78 is 14.3. The summed E-state index contributed by atoms with van der Waals surface area (Å²) >= 11 is 0. The SMILES string of the molecule is O=Cc1cccc2nc(Cc3ccc(F)cc3)nn12. The van der Waals surface area contributed by atoms with Crippen LogP contribution in [-0.2, 0) is 6.42 Å². The van der Waals surface area contributed by atoms with Crippen molar-refractivity contribution in [2.75, 3.05) is 0 Å². The van der Waals surface area contributed by atoms with E-state index in [0.29, 0.717) is 23.6 Å². The quantitative estimate of drug-likeness (QED) is 0.674. The van der Waals surface area contributed by atoms with Crippen LogP contribution in [0.25, 0.3) is 5.65 Å². The van der Waals surface area contributed by atoms with E-state index in [4.69, 9.17) is 0 Å². The third-order valence-electron chi connectivity index (χ3n) is 2.83. The van der Waals surface area contributed by atoms with Gasteiger partial charge in [-0.15, -0.1) is 0 Å². The second-order valence-corrected chi connectivity index (χ2v) is 4.17. The Labute approximate surface area is 108 Å². The lowest BCUT2D eigenvalue weighted by Crippen LogP contribution is -1.97. The molecular weight excluding hydrogens is 245 g/mol. The fraction of sp³-hybridized carbons (Fsp3) is 0.0714. The van der Waals surface area contributed by atoms with Gasteiger partial charge in [-0.05, 0) is 29.8 Å². The maximum atomic E-state index is 12.8. The number of hydrogen-bond acceptors (Lipinski definition) is 3. The number of carbonyl (C=O) groups is 1. The second-order valence-electron chi connectivity index (χ2n) is 4.17. The van der Waals surface area contributed by atoms with Crippen LogP contribution >= 0.6 is 0 Å². The first-order valence-corrected chi connectivity index (χ1v) is 5.80. The summed E-state index contributed by atoms with van der Waals surface area (Å²) in [5.41, 5.74) is 2.00. The highest BCUT2D eigenvalue weighted by molar-refractivity contribution is 5.73. The molecule has 2 aromatic heterocycles. The van der Waals surface area contributed by atoms with Gasteiger partial charge in [0, 0.05) is 6.42 Å². The minimum atomic E-state index is -0.269. The third-order valence-corrected chi connectivity index (χ3v) is 2.83. The molecule has 0 saturated heterocycles. The number of aldehydes is 1. The number of halogens is 1. The molecule has 1 aromatic carbocycles. The first kappa shape index (κ1) is 11.5. The Kier molecular flexibility index (Phi) is 2.79. The van der Waals surface area contributed by atoms with Crippen LogP contribution in [0.5, 0.6) is 0 Å². The zero-order valence-electron chi connectivity index (χ0n) is 9.95. The molecule has 19 heavy (non-hydrogen) atoms. The highest BCUT2D eigenvalue weighted by atomic mass is 19.1. The van der Waals surface area contributed by atoms with E-state index in [0.717, 1.165) is 11.8 Å². The number of carbonyl (C=O) groups excluding carboxylic acids is 1. The fourth-order valence-corrected chi connectivity index (χ4v) is 1.92. The monoisotopic (exact) mass is 255 g/mol. The average Bonchev–Trinajstić information content (AvgIpc) is 2.83. The molecule has 0 bridgehead atoms. The van der Waals surface area contributed by atoms with E-state index in [1.54, 1.807) is 30.3 Å². The molecule has 5 heteroatoms. The van der Waals surface area contributed by atoms with Crippen molar-refractivity contribution in [3.63, 3.8) is 0 Å². The van der Waals surface area contributed by atoms with Crippen molar-refractivity contribution in [3.05, 3.63) is 65.4 Å². The molecular formula is C14H10FN3O. The van der Waals surface area contributed by atoms with E-state index in [9.17, 15) is 9.18 Å². The highest BCUT2D eigenvalue weighted by Gasteiger charge is 2.07. The highest BCUT2D eigenvalue weighted by Crippen LogP contribution is 2.10. The minimum Gasteiger partial charge on any atom is -0.296 e. The predicted molar refractivity (Wildman–Crippen MR) is 67.6 cm³/mol. The number of pyridine rings is 1. The Morgan fingerprint density at radius 2 is 1.95 bits per heavy atom. The van der Waals surface area contributed by atoms with Crippen molar-refractivity contribution in [1.29, 1.82) is 0 Å². The molecule has 0 aliphatic rings. The minimum absolute atomic E-state index is 0.269. The van der Waals surface area contributed by atoms with Crippen LogP contribution in [-0.4, -0.2) is 20.9 Å². The Morgan fingerprint density at radius 1 is 1.16 bits per heavy atom. The Bertz CT molecular complexity index is 734. The summed E-state index contributed by atoms with van der Waals surface area (Å²) in [6, 6.07) is 11.4. The summed E-state index contributed by atoms with van der Waals surface area (Å²) in [5.74, 6) is 0.329. The molecule has 0 atom stereocenters. The van der Waals surface area contributed by atoms with Gasteiger partial charge in [0.05, 0.1) is 0 Å². The van der Waals surface area contributed by atoms with Gasteiger partial charge in [-0.1, -0.05) is 18.2 Å². The fourth-order valence-electron chi connectivity index (χ4n) is 1.92. The zero-order valence-corrected chi connectivity index (χ0v) is 9.95. The molecule has 0 aliphatic carbocycles. The number of nitrogens with zero attached hydrogens (tertiary/aromatic N) is 3. The van der Waals surface area contributed by atoms with Crippen molar-refractivity contribution in [1.82, 2.24) is 14.6 Å². The van der Waals surface area contributed by atoms with Gasteiger partial charge in [0.15, 0.2) is 17.8 Å². The molecule has 0 N–H and O–H groups in total. The summed E-state index contributed by atoms with van der Waals surface area (Å²) in [6.45, 7) is 0. The molecule has 0 radical (unpaired) electrons. The first-order valence-electron chi connectivity index (χ1n) is 5.80. The lowest BCUT2D eigenvalue weighted by molar-refractivity contribution is 0.111. The first-order chi connectivity index (χ1) is 9.26. The molecule has 0 amide bonds. The van der Waals surface area contributed by atoms with Gasteiger partial charge in [-0.3, -0.25) is 4.79 Å². The Balaban J connectivity index is 1.97. The standard InChI is InChI=1S/C14H10FN3O/c15-11-6-4-10(5-7-11)8-13-16-14-3-1-2-12(9-19)18(14)17-13/h1-7,9H,8H2. The molecule has 0 saturated carbocycles. The van der Waals surface area contributed by atoms with Crippen molar-refractivity contribution < 1.29 is 9.18 Å². The van der Waals surface area contributed by atoms with Gasteiger partial charge in [0.25, 0.3) is 0 Å². The smallest absolute Gasteiger partial charge is 0.168 e. The van der Waals surface area contributed by atoms with Gasteiger partial charge in [-0.2, -0.15) is 5.10 Å². The predicted octanol–water partition coefficient (Wildman–Crippen LogP) is 2.27. The van der Waals surface area contributed by atoms with Crippen LogP contribution in [0, 0.1) is 5.82 Å².